The first-order valence-electron chi connectivity index (χ1n) is 6.91. The van der Waals surface area contributed by atoms with Crippen LogP contribution in [0.5, 0.6) is 0 Å². The van der Waals surface area contributed by atoms with Crippen LogP contribution in [0.25, 0.3) is 0 Å². The molecule has 0 spiro atoms. The van der Waals surface area contributed by atoms with Crippen molar-refractivity contribution in [1.29, 1.82) is 5.26 Å². The molecule has 0 saturated heterocycles. The van der Waals surface area contributed by atoms with Gasteiger partial charge in [-0.05, 0) is 41.5 Å². The summed E-state index contributed by atoms with van der Waals surface area (Å²) in [5.74, 6) is 0.807. The minimum absolute atomic E-state index is 0.123. The molecule has 21 heavy (non-hydrogen) atoms. The van der Waals surface area contributed by atoms with E-state index in [1.807, 2.05) is 30.3 Å². The van der Waals surface area contributed by atoms with Gasteiger partial charge in [-0.2, -0.15) is 5.26 Å². The summed E-state index contributed by atoms with van der Waals surface area (Å²) in [5, 5.41) is 12.3. The first-order chi connectivity index (χ1) is 10.3. The molecule has 4 heteroatoms. The van der Waals surface area contributed by atoms with E-state index in [0.29, 0.717) is 5.56 Å². The Morgan fingerprint density at radius 1 is 1.24 bits per heavy atom. The molecule has 0 amide bonds. The highest BCUT2D eigenvalue weighted by atomic mass is 32.2. The first kappa shape index (κ1) is 14.1. The smallest absolute Gasteiger partial charge is 0.137 e. The Hall–Kier alpha value is -1.83. The van der Waals surface area contributed by atoms with E-state index in [1.54, 1.807) is 17.8 Å². The summed E-state index contributed by atoms with van der Waals surface area (Å²) >= 11 is 1.59. The lowest BCUT2D eigenvalue weighted by Crippen LogP contribution is -2.24. The third-order valence-corrected chi connectivity index (χ3v) is 4.82. The van der Waals surface area contributed by atoms with Gasteiger partial charge in [0.25, 0.3) is 0 Å². The lowest BCUT2D eigenvalue weighted by molar-refractivity contribution is 0.496. The fourth-order valence-corrected chi connectivity index (χ4v) is 3.68. The standard InChI is InChI=1S/C17H15FN2S/c18-15-3-1-2-14-16(8-9-21-17(14)15)20-11-13-6-4-12(10-19)5-7-13/h1-7,16,20H,8-9,11H2. The molecule has 0 saturated carbocycles. The largest absolute Gasteiger partial charge is 0.306 e. The van der Waals surface area contributed by atoms with Crippen molar-refractivity contribution < 1.29 is 4.39 Å². The molecule has 3 rings (SSSR count). The van der Waals surface area contributed by atoms with Crippen LogP contribution >= 0.6 is 11.8 Å². The Morgan fingerprint density at radius 2 is 2.05 bits per heavy atom. The summed E-state index contributed by atoms with van der Waals surface area (Å²) < 4.78 is 13.8. The number of nitrogens with one attached hydrogen (secondary N) is 1. The molecule has 106 valence electrons. The Balaban J connectivity index is 1.72. The molecule has 2 aromatic carbocycles. The molecule has 0 fully saturated rings. The quantitative estimate of drug-likeness (QED) is 0.929. The third-order valence-electron chi connectivity index (χ3n) is 3.66. The number of nitrogens with zero attached hydrogens (tertiary/aromatic N) is 1. The number of benzene rings is 2. The third kappa shape index (κ3) is 3.10. The lowest BCUT2D eigenvalue weighted by atomic mass is 10.0. The summed E-state index contributed by atoms with van der Waals surface area (Å²) in [5.41, 5.74) is 2.85. The molecular weight excluding hydrogens is 283 g/mol. The van der Waals surface area contributed by atoms with Crippen LogP contribution in [-0.4, -0.2) is 5.75 Å². The van der Waals surface area contributed by atoms with Gasteiger partial charge in [0.15, 0.2) is 0 Å². The number of rotatable bonds is 3. The first-order valence-corrected chi connectivity index (χ1v) is 7.90. The van der Waals surface area contributed by atoms with E-state index in [4.69, 9.17) is 5.26 Å². The molecule has 1 atom stereocenters. The molecule has 1 aliphatic rings. The Bertz CT molecular complexity index is 676. The summed E-state index contributed by atoms with van der Waals surface area (Å²) in [7, 11) is 0. The van der Waals surface area contributed by atoms with Crippen molar-refractivity contribution >= 4 is 11.8 Å². The van der Waals surface area contributed by atoms with Crippen LogP contribution < -0.4 is 5.32 Å². The van der Waals surface area contributed by atoms with Gasteiger partial charge in [-0.1, -0.05) is 24.3 Å². The molecule has 1 aliphatic heterocycles. The molecule has 0 radical (unpaired) electrons. The van der Waals surface area contributed by atoms with Gasteiger partial charge in [0.2, 0.25) is 0 Å². The maximum Gasteiger partial charge on any atom is 0.137 e. The van der Waals surface area contributed by atoms with E-state index in [9.17, 15) is 4.39 Å². The number of nitriles is 1. The van der Waals surface area contributed by atoms with E-state index >= 15 is 0 Å². The van der Waals surface area contributed by atoms with Crippen molar-refractivity contribution in [2.75, 3.05) is 5.75 Å². The van der Waals surface area contributed by atoms with Crippen molar-refractivity contribution in [2.45, 2.75) is 23.9 Å². The second-order valence-electron chi connectivity index (χ2n) is 5.04. The SMILES string of the molecule is N#Cc1ccc(CNC2CCSc3c(F)cccc32)cc1. The van der Waals surface area contributed by atoms with Crippen molar-refractivity contribution in [3.05, 3.63) is 65.0 Å². The van der Waals surface area contributed by atoms with Crippen LogP contribution in [0.15, 0.2) is 47.4 Å². The maximum atomic E-state index is 13.8. The van der Waals surface area contributed by atoms with Gasteiger partial charge in [0, 0.05) is 17.5 Å². The molecule has 1 N–H and O–H groups in total. The second kappa shape index (κ2) is 6.30. The molecule has 1 heterocycles. The Labute approximate surface area is 128 Å². The molecule has 0 aliphatic carbocycles. The summed E-state index contributed by atoms with van der Waals surface area (Å²) in [4.78, 5) is 0.779. The predicted octanol–water partition coefficient (Wildman–Crippen LogP) is 4.02. The van der Waals surface area contributed by atoms with E-state index in [0.717, 1.165) is 34.7 Å². The van der Waals surface area contributed by atoms with Crippen LogP contribution in [0, 0.1) is 17.1 Å². The van der Waals surface area contributed by atoms with Crippen LogP contribution in [0.4, 0.5) is 4.39 Å². The van der Waals surface area contributed by atoms with Crippen LogP contribution in [-0.2, 0) is 6.54 Å². The average molecular weight is 298 g/mol. The van der Waals surface area contributed by atoms with Crippen molar-refractivity contribution in [3.8, 4) is 6.07 Å². The molecule has 0 aromatic heterocycles. The minimum Gasteiger partial charge on any atom is -0.306 e. The van der Waals surface area contributed by atoms with Crippen molar-refractivity contribution in [3.63, 3.8) is 0 Å². The topological polar surface area (TPSA) is 35.8 Å². The highest BCUT2D eigenvalue weighted by Gasteiger charge is 2.22. The van der Waals surface area contributed by atoms with Crippen molar-refractivity contribution in [2.24, 2.45) is 0 Å². The van der Waals surface area contributed by atoms with E-state index in [2.05, 4.69) is 11.4 Å². The fourth-order valence-electron chi connectivity index (χ4n) is 2.54. The zero-order valence-electron chi connectivity index (χ0n) is 11.5. The van der Waals surface area contributed by atoms with Crippen LogP contribution in [0.1, 0.15) is 29.2 Å². The zero-order valence-corrected chi connectivity index (χ0v) is 12.3. The van der Waals surface area contributed by atoms with Gasteiger partial charge >= 0.3 is 0 Å². The second-order valence-corrected chi connectivity index (χ2v) is 6.14. The fraction of sp³-hybridized carbons (Fsp3) is 0.235. The average Bonchev–Trinajstić information content (AvgIpc) is 2.54. The summed E-state index contributed by atoms with van der Waals surface area (Å²) in [6.07, 6.45) is 0.997. The van der Waals surface area contributed by atoms with Gasteiger partial charge in [-0.3, -0.25) is 0 Å². The molecular formula is C17H15FN2S. The number of thioether (sulfide) groups is 1. The van der Waals surface area contributed by atoms with E-state index in [1.165, 1.54) is 6.07 Å². The minimum atomic E-state index is -0.123. The Morgan fingerprint density at radius 3 is 2.81 bits per heavy atom. The summed E-state index contributed by atoms with van der Waals surface area (Å²) in [6.45, 7) is 0.719. The lowest BCUT2D eigenvalue weighted by Gasteiger charge is -2.26. The van der Waals surface area contributed by atoms with Gasteiger partial charge in [0.1, 0.15) is 5.82 Å². The molecule has 0 bridgehead atoms. The number of fused-ring (bicyclic) bond motifs is 1. The normalized spacial score (nSPS) is 17.0. The van der Waals surface area contributed by atoms with Crippen LogP contribution in [0.2, 0.25) is 0 Å². The van der Waals surface area contributed by atoms with Crippen molar-refractivity contribution in [1.82, 2.24) is 5.32 Å². The molecule has 1 unspecified atom stereocenters. The van der Waals surface area contributed by atoms with E-state index < -0.39 is 0 Å². The number of hydrogen-bond acceptors (Lipinski definition) is 3. The van der Waals surface area contributed by atoms with Gasteiger partial charge in [0.05, 0.1) is 11.6 Å². The zero-order chi connectivity index (χ0) is 14.7. The highest BCUT2D eigenvalue weighted by Crippen LogP contribution is 2.37. The number of hydrogen-bond donors (Lipinski definition) is 1. The van der Waals surface area contributed by atoms with Gasteiger partial charge in [-0.15, -0.1) is 11.8 Å². The molecule has 2 aromatic rings. The number of halogens is 1. The molecule has 2 nitrogen and oxygen atoms in total. The summed E-state index contributed by atoms with van der Waals surface area (Å²) in [6, 6.07) is 15.1. The van der Waals surface area contributed by atoms with E-state index in [-0.39, 0.29) is 11.9 Å². The maximum absolute atomic E-state index is 13.8. The Kier molecular flexibility index (Phi) is 4.23. The highest BCUT2D eigenvalue weighted by molar-refractivity contribution is 7.99. The van der Waals surface area contributed by atoms with Gasteiger partial charge < -0.3 is 5.32 Å². The van der Waals surface area contributed by atoms with Gasteiger partial charge in [-0.25, -0.2) is 4.39 Å². The monoisotopic (exact) mass is 298 g/mol. The predicted molar refractivity (Wildman–Crippen MR) is 82.5 cm³/mol. The van der Waals surface area contributed by atoms with Crippen LogP contribution in [0.3, 0.4) is 0 Å².